The van der Waals surface area contributed by atoms with Crippen LogP contribution < -0.4 is 4.90 Å². The highest BCUT2D eigenvalue weighted by molar-refractivity contribution is 5.79. The number of rotatable bonds is 6. The van der Waals surface area contributed by atoms with Crippen molar-refractivity contribution < 1.29 is 9.59 Å². The Bertz CT molecular complexity index is 462. The summed E-state index contributed by atoms with van der Waals surface area (Å²) in [5.41, 5.74) is 3.07. The van der Waals surface area contributed by atoms with E-state index in [1.807, 2.05) is 6.07 Å². The minimum atomic E-state index is 0.209. The first-order valence-electron chi connectivity index (χ1n) is 7.56. The largest absolute Gasteiger partial charge is 0.371 e. The first-order chi connectivity index (χ1) is 9.78. The summed E-state index contributed by atoms with van der Waals surface area (Å²) in [5, 5.41) is 0. The highest BCUT2D eigenvalue weighted by Crippen LogP contribution is 2.25. The van der Waals surface area contributed by atoms with Gasteiger partial charge in [-0.25, -0.2) is 0 Å². The van der Waals surface area contributed by atoms with E-state index in [0.717, 1.165) is 74.6 Å². The minimum absolute atomic E-state index is 0.209. The number of piperidine rings is 1. The summed E-state index contributed by atoms with van der Waals surface area (Å²) in [5.74, 6) is 0.209. The summed E-state index contributed by atoms with van der Waals surface area (Å²) in [6, 6.07) is 6.19. The van der Waals surface area contributed by atoms with Crippen molar-refractivity contribution in [3.8, 4) is 0 Å². The van der Waals surface area contributed by atoms with Gasteiger partial charge in [-0.3, -0.25) is 4.79 Å². The van der Waals surface area contributed by atoms with Crippen molar-refractivity contribution in [3.05, 3.63) is 29.3 Å². The first kappa shape index (κ1) is 14.8. The third-order valence-corrected chi connectivity index (χ3v) is 4.15. The van der Waals surface area contributed by atoms with E-state index in [0.29, 0.717) is 0 Å². The second-order valence-electron chi connectivity index (χ2n) is 5.57. The number of hydrogen-bond acceptors (Lipinski definition) is 3. The molecule has 0 bridgehead atoms. The monoisotopic (exact) mass is 273 g/mol. The van der Waals surface area contributed by atoms with Gasteiger partial charge in [-0.1, -0.05) is 19.4 Å². The molecule has 0 aromatic heterocycles. The molecule has 3 heteroatoms. The van der Waals surface area contributed by atoms with Crippen molar-refractivity contribution in [2.45, 2.75) is 39.0 Å². The van der Waals surface area contributed by atoms with Gasteiger partial charge in [0.25, 0.3) is 0 Å². The molecule has 0 unspecified atom stereocenters. The number of anilines is 1. The third kappa shape index (κ3) is 3.47. The van der Waals surface area contributed by atoms with E-state index in [4.69, 9.17) is 0 Å². The van der Waals surface area contributed by atoms with Gasteiger partial charge in [-0.05, 0) is 43.4 Å². The topological polar surface area (TPSA) is 37.4 Å². The van der Waals surface area contributed by atoms with E-state index < -0.39 is 0 Å². The van der Waals surface area contributed by atoms with E-state index in [9.17, 15) is 9.59 Å². The van der Waals surface area contributed by atoms with Crippen LogP contribution in [0.4, 0.5) is 5.69 Å². The van der Waals surface area contributed by atoms with E-state index >= 15 is 0 Å². The number of aldehydes is 2. The van der Waals surface area contributed by atoms with Gasteiger partial charge in [0.05, 0.1) is 0 Å². The van der Waals surface area contributed by atoms with Crippen LogP contribution in [0.25, 0.3) is 0 Å². The van der Waals surface area contributed by atoms with Gasteiger partial charge in [0.1, 0.15) is 12.6 Å². The number of unbranched alkanes of at least 4 members (excludes halogenated alkanes) is 1. The van der Waals surface area contributed by atoms with Gasteiger partial charge in [0.2, 0.25) is 0 Å². The Kier molecular flexibility index (Phi) is 5.33. The van der Waals surface area contributed by atoms with Crippen molar-refractivity contribution in [1.82, 2.24) is 0 Å². The first-order valence-corrected chi connectivity index (χ1v) is 7.56. The van der Waals surface area contributed by atoms with Gasteiger partial charge in [-0.2, -0.15) is 0 Å². The fourth-order valence-corrected chi connectivity index (χ4v) is 2.78. The molecule has 0 radical (unpaired) electrons. The molecule has 0 saturated carbocycles. The molecule has 1 fully saturated rings. The Morgan fingerprint density at radius 3 is 2.60 bits per heavy atom. The molecule has 0 N–H and O–H groups in total. The molecule has 0 amide bonds. The molecule has 0 aliphatic carbocycles. The van der Waals surface area contributed by atoms with E-state index in [1.54, 1.807) is 0 Å². The van der Waals surface area contributed by atoms with Crippen LogP contribution in [-0.4, -0.2) is 25.7 Å². The lowest BCUT2D eigenvalue weighted by Crippen LogP contribution is -2.34. The molecule has 3 nitrogen and oxygen atoms in total. The van der Waals surface area contributed by atoms with Gasteiger partial charge in [0, 0.05) is 30.3 Å². The van der Waals surface area contributed by atoms with E-state index in [1.165, 1.54) is 0 Å². The molecule has 1 aromatic carbocycles. The molecular weight excluding hydrogens is 250 g/mol. The zero-order chi connectivity index (χ0) is 14.4. The van der Waals surface area contributed by atoms with Crippen LogP contribution in [0.2, 0.25) is 0 Å². The average Bonchev–Trinajstić information content (AvgIpc) is 2.52. The van der Waals surface area contributed by atoms with Crippen LogP contribution in [0.5, 0.6) is 0 Å². The predicted octanol–water partition coefficient (Wildman–Crippen LogP) is 3.26. The highest BCUT2D eigenvalue weighted by atomic mass is 16.1. The maximum atomic E-state index is 11.3. The standard InChI is InChI=1S/C17H23NO2/c1-2-3-4-15-5-6-17(11-16(15)13-20)18-9-7-14(12-19)8-10-18/h5-6,11-14H,2-4,7-10H2,1H3. The average molecular weight is 273 g/mol. The summed E-state index contributed by atoms with van der Waals surface area (Å²) in [4.78, 5) is 24.3. The number of aryl methyl sites for hydroxylation is 1. The zero-order valence-corrected chi connectivity index (χ0v) is 12.2. The quantitative estimate of drug-likeness (QED) is 0.747. The Morgan fingerprint density at radius 1 is 1.25 bits per heavy atom. The van der Waals surface area contributed by atoms with Crippen LogP contribution in [0.15, 0.2) is 18.2 Å². The molecule has 1 saturated heterocycles. The highest BCUT2D eigenvalue weighted by Gasteiger charge is 2.19. The SMILES string of the molecule is CCCCc1ccc(N2CCC(C=O)CC2)cc1C=O. The minimum Gasteiger partial charge on any atom is -0.371 e. The smallest absolute Gasteiger partial charge is 0.150 e. The van der Waals surface area contributed by atoms with Crippen molar-refractivity contribution >= 4 is 18.3 Å². The summed E-state index contributed by atoms with van der Waals surface area (Å²) >= 11 is 0. The molecule has 108 valence electrons. The number of carbonyl (C=O) groups is 2. The Morgan fingerprint density at radius 2 is 2.00 bits per heavy atom. The number of nitrogens with zero attached hydrogens (tertiary/aromatic N) is 1. The summed E-state index contributed by atoms with van der Waals surface area (Å²) in [7, 11) is 0. The second kappa shape index (κ2) is 7.22. The fourth-order valence-electron chi connectivity index (χ4n) is 2.78. The normalized spacial score (nSPS) is 16.1. The van der Waals surface area contributed by atoms with E-state index in [-0.39, 0.29) is 5.92 Å². The van der Waals surface area contributed by atoms with Crippen molar-refractivity contribution in [2.75, 3.05) is 18.0 Å². The molecular formula is C17H23NO2. The molecule has 0 atom stereocenters. The third-order valence-electron chi connectivity index (χ3n) is 4.15. The van der Waals surface area contributed by atoms with Gasteiger partial charge >= 0.3 is 0 Å². The molecule has 1 heterocycles. The van der Waals surface area contributed by atoms with Crippen molar-refractivity contribution in [3.63, 3.8) is 0 Å². The molecule has 1 aromatic rings. The summed E-state index contributed by atoms with van der Waals surface area (Å²) < 4.78 is 0. The second-order valence-corrected chi connectivity index (χ2v) is 5.57. The lowest BCUT2D eigenvalue weighted by Gasteiger charge is -2.31. The molecule has 0 spiro atoms. The maximum absolute atomic E-state index is 11.3. The number of carbonyl (C=O) groups excluding carboxylic acids is 2. The Labute approximate surface area is 121 Å². The lowest BCUT2D eigenvalue weighted by atomic mass is 9.97. The molecule has 1 aliphatic rings. The van der Waals surface area contributed by atoms with Gasteiger partial charge in [0.15, 0.2) is 0 Å². The van der Waals surface area contributed by atoms with Gasteiger partial charge < -0.3 is 9.69 Å². The lowest BCUT2D eigenvalue weighted by molar-refractivity contribution is -0.111. The van der Waals surface area contributed by atoms with Crippen LogP contribution in [0, 0.1) is 5.92 Å². The van der Waals surface area contributed by atoms with E-state index in [2.05, 4.69) is 24.0 Å². The molecule has 20 heavy (non-hydrogen) atoms. The van der Waals surface area contributed by atoms with Crippen LogP contribution in [-0.2, 0) is 11.2 Å². The number of hydrogen-bond donors (Lipinski definition) is 0. The van der Waals surface area contributed by atoms with Crippen LogP contribution in [0.3, 0.4) is 0 Å². The van der Waals surface area contributed by atoms with Crippen molar-refractivity contribution in [2.24, 2.45) is 5.92 Å². The van der Waals surface area contributed by atoms with Crippen LogP contribution in [0.1, 0.15) is 48.5 Å². The maximum Gasteiger partial charge on any atom is 0.150 e. The predicted molar refractivity (Wildman–Crippen MR) is 81.4 cm³/mol. The Balaban J connectivity index is 2.09. The van der Waals surface area contributed by atoms with Crippen LogP contribution >= 0.6 is 0 Å². The van der Waals surface area contributed by atoms with Crippen molar-refractivity contribution in [1.29, 1.82) is 0 Å². The summed E-state index contributed by atoms with van der Waals surface area (Å²) in [6.07, 6.45) is 7.09. The summed E-state index contributed by atoms with van der Waals surface area (Å²) in [6.45, 7) is 3.96. The Hall–Kier alpha value is -1.64. The zero-order valence-electron chi connectivity index (χ0n) is 12.2. The molecule has 1 aliphatic heterocycles. The number of benzene rings is 1. The fraction of sp³-hybridized carbons (Fsp3) is 0.529. The van der Waals surface area contributed by atoms with Gasteiger partial charge in [-0.15, -0.1) is 0 Å². The molecule has 2 rings (SSSR count).